The first kappa shape index (κ1) is 17.7. The van der Waals surface area contributed by atoms with Gasteiger partial charge in [0, 0.05) is 16.3 Å². The molecule has 0 spiro atoms. The number of fused-ring (bicyclic) bond motifs is 7. The van der Waals surface area contributed by atoms with E-state index in [4.69, 9.17) is 4.98 Å². The fourth-order valence-corrected chi connectivity index (χ4v) is 5.59. The minimum absolute atomic E-state index is 0.332. The molecule has 2 heterocycles. The molecule has 2 aromatic heterocycles. The summed E-state index contributed by atoms with van der Waals surface area (Å²) >= 11 is 0. The summed E-state index contributed by atoms with van der Waals surface area (Å²) in [7, 11) is 0. The van der Waals surface area contributed by atoms with Gasteiger partial charge in [-0.05, 0) is 71.9 Å². The third-order valence-corrected chi connectivity index (χ3v) is 6.85. The molecule has 0 amide bonds. The van der Waals surface area contributed by atoms with Crippen molar-refractivity contribution in [1.29, 1.82) is 0 Å². The first-order valence-electron chi connectivity index (χ1n) is 10.8. The van der Waals surface area contributed by atoms with Gasteiger partial charge in [0.1, 0.15) is 5.65 Å². The second-order valence-electron chi connectivity index (χ2n) is 9.77. The van der Waals surface area contributed by atoms with Crippen LogP contribution in [-0.2, 0) is 12.8 Å². The smallest absolute Gasteiger partial charge is 0.145 e. The van der Waals surface area contributed by atoms with Crippen LogP contribution < -0.4 is 0 Å². The Morgan fingerprint density at radius 2 is 1.47 bits per heavy atom. The molecule has 148 valence electrons. The van der Waals surface area contributed by atoms with Crippen molar-refractivity contribution >= 4 is 27.3 Å². The quantitative estimate of drug-likeness (QED) is 0.280. The fraction of sp³-hybridized carbons (Fsp3) is 0.250. The summed E-state index contributed by atoms with van der Waals surface area (Å²) in [6.45, 7) is 9.16. The van der Waals surface area contributed by atoms with Gasteiger partial charge in [-0.15, -0.1) is 0 Å². The highest BCUT2D eigenvalue weighted by atomic mass is 15.0. The Labute approximate surface area is 177 Å². The van der Waals surface area contributed by atoms with Crippen molar-refractivity contribution in [2.45, 2.75) is 40.5 Å². The van der Waals surface area contributed by atoms with Crippen LogP contribution in [0.1, 0.15) is 36.1 Å². The van der Waals surface area contributed by atoms with Crippen LogP contribution in [0.2, 0.25) is 0 Å². The number of pyridine rings is 1. The molecule has 0 N–H and O–H groups in total. The highest BCUT2D eigenvalue weighted by molar-refractivity contribution is 6.12. The van der Waals surface area contributed by atoms with Crippen LogP contribution in [-0.4, -0.2) is 9.38 Å². The number of aryl methyl sites for hydroxylation is 2. The van der Waals surface area contributed by atoms with E-state index in [0.717, 1.165) is 18.5 Å². The van der Waals surface area contributed by atoms with Gasteiger partial charge in [-0.2, -0.15) is 0 Å². The molecule has 0 bridgehead atoms. The zero-order valence-electron chi connectivity index (χ0n) is 18.1. The summed E-state index contributed by atoms with van der Waals surface area (Å²) in [4.78, 5) is 4.94. The molecule has 1 aliphatic rings. The predicted octanol–water partition coefficient (Wildman–Crippen LogP) is 7.05. The van der Waals surface area contributed by atoms with Crippen molar-refractivity contribution < 1.29 is 0 Å². The van der Waals surface area contributed by atoms with Crippen molar-refractivity contribution in [3.05, 3.63) is 83.0 Å². The molecule has 5 aromatic rings. The molecule has 2 nitrogen and oxygen atoms in total. The van der Waals surface area contributed by atoms with Gasteiger partial charge in [0.15, 0.2) is 0 Å². The first-order valence-corrected chi connectivity index (χ1v) is 10.8. The molecule has 0 aliphatic heterocycles. The molecule has 0 saturated carbocycles. The topological polar surface area (TPSA) is 17.3 Å². The number of aromatic nitrogens is 2. The highest BCUT2D eigenvalue weighted by Crippen LogP contribution is 2.41. The summed E-state index contributed by atoms with van der Waals surface area (Å²) in [6, 6.07) is 20.2. The Kier molecular flexibility index (Phi) is 3.51. The minimum atomic E-state index is 0.332. The normalized spacial score (nSPS) is 15.3. The molecular weight excluding hydrogens is 364 g/mol. The zero-order chi connectivity index (χ0) is 20.6. The average molecular weight is 391 g/mol. The van der Waals surface area contributed by atoms with E-state index >= 15 is 0 Å². The third kappa shape index (κ3) is 2.40. The van der Waals surface area contributed by atoms with E-state index in [9.17, 15) is 0 Å². The average Bonchev–Trinajstić information content (AvgIpc) is 3.26. The van der Waals surface area contributed by atoms with Gasteiger partial charge in [0.2, 0.25) is 0 Å². The Balaban J connectivity index is 1.82. The Hall–Kier alpha value is -3.13. The SMILES string of the molecule is Cc1cccc(C)c1-c1cnc2c3ccccc3c3cc4c(cc3n12)CC(C)(C)C4. The number of nitrogens with zero attached hydrogens (tertiary/aromatic N) is 2. The molecule has 0 fully saturated rings. The van der Waals surface area contributed by atoms with Gasteiger partial charge in [0.25, 0.3) is 0 Å². The van der Waals surface area contributed by atoms with Gasteiger partial charge in [-0.3, -0.25) is 4.40 Å². The summed E-state index contributed by atoms with van der Waals surface area (Å²) in [6.07, 6.45) is 4.35. The van der Waals surface area contributed by atoms with Gasteiger partial charge in [0.05, 0.1) is 17.4 Å². The van der Waals surface area contributed by atoms with Crippen molar-refractivity contribution in [2.75, 3.05) is 0 Å². The molecule has 6 rings (SSSR count). The van der Waals surface area contributed by atoms with Crippen LogP contribution in [0.4, 0.5) is 0 Å². The van der Waals surface area contributed by atoms with E-state index in [1.165, 1.54) is 55.2 Å². The van der Waals surface area contributed by atoms with Gasteiger partial charge in [-0.1, -0.05) is 56.3 Å². The summed E-state index contributed by atoms with van der Waals surface area (Å²) in [5.74, 6) is 0. The number of rotatable bonds is 1. The van der Waals surface area contributed by atoms with Gasteiger partial charge >= 0.3 is 0 Å². The maximum atomic E-state index is 4.94. The second kappa shape index (κ2) is 5.95. The molecule has 1 aliphatic carbocycles. The van der Waals surface area contributed by atoms with Crippen LogP contribution in [0.5, 0.6) is 0 Å². The Morgan fingerprint density at radius 3 is 2.20 bits per heavy atom. The van der Waals surface area contributed by atoms with Crippen molar-refractivity contribution in [3.8, 4) is 11.3 Å². The molecule has 0 radical (unpaired) electrons. The third-order valence-electron chi connectivity index (χ3n) is 6.85. The zero-order valence-corrected chi connectivity index (χ0v) is 18.1. The van der Waals surface area contributed by atoms with Crippen molar-refractivity contribution in [2.24, 2.45) is 5.41 Å². The summed E-state index contributed by atoms with van der Waals surface area (Å²) in [5, 5.41) is 3.85. The van der Waals surface area contributed by atoms with E-state index in [1.807, 2.05) is 0 Å². The van der Waals surface area contributed by atoms with Crippen molar-refractivity contribution in [3.63, 3.8) is 0 Å². The number of hydrogen-bond acceptors (Lipinski definition) is 1. The van der Waals surface area contributed by atoms with Crippen LogP contribution in [0, 0.1) is 19.3 Å². The van der Waals surface area contributed by atoms with Crippen LogP contribution in [0.3, 0.4) is 0 Å². The molecule has 0 atom stereocenters. The monoisotopic (exact) mass is 390 g/mol. The van der Waals surface area contributed by atoms with Gasteiger partial charge < -0.3 is 0 Å². The lowest BCUT2D eigenvalue weighted by Crippen LogP contribution is -2.09. The van der Waals surface area contributed by atoms with E-state index < -0.39 is 0 Å². The molecular formula is C28H26N2. The standard InChI is InChI=1S/C28H26N2/c1-17-8-7-9-18(2)26(17)25-16-29-27-22-11-6-5-10-21(22)23-12-19-14-28(3,4)15-20(19)13-24(23)30(25)27/h5-13,16H,14-15H2,1-4H3. The lowest BCUT2D eigenvalue weighted by atomic mass is 9.90. The molecule has 2 heteroatoms. The predicted molar refractivity (Wildman–Crippen MR) is 126 cm³/mol. The van der Waals surface area contributed by atoms with E-state index in [0.29, 0.717) is 5.41 Å². The largest absolute Gasteiger partial charge is 0.292 e. The summed E-state index contributed by atoms with van der Waals surface area (Å²) in [5.41, 5.74) is 10.7. The lowest BCUT2D eigenvalue weighted by molar-refractivity contribution is 0.392. The Morgan fingerprint density at radius 1 is 0.800 bits per heavy atom. The van der Waals surface area contributed by atoms with Crippen LogP contribution >= 0.6 is 0 Å². The second-order valence-corrected chi connectivity index (χ2v) is 9.77. The maximum absolute atomic E-state index is 4.94. The number of benzene rings is 3. The molecule has 30 heavy (non-hydrogen) atoms. The molecule has 0 saturated heterocycles. The van der Waals surface area contributed by atoms with E-state index in [1.54, 1.807) is 0 Å². The van der Waals surface area contributed by atoms with Gasteiger partial charge in [-0.25, -0.2) is 4.98 Å². The lowest BCUT2D eigenvalue weighted by Gasteiger charge is -2.15. The van der Waals surface area contributed by atoms with E-state index in [-0.39, 0.29) is 0 Å². The van der Waals surface area contributed by atoms with Crippen LogP contribution in [0.15, 0.2) is 60.8 Å². The maximum Gasteiger partial charge on any atom is 0.145 e. The molecule has 0 unspecified atom stereocenters. The number of imidazole rings is 1. The fourth-order valence-electron chi connectivity index (χ4n) is 5.59. The minimum Gasteiger partial charge on any atom is -0.292 e. The summed E-state index contributed by atoms with van der Waals surface area (Å²) < 4.78 is 2.40. The number of hydrogen-bond donors (Lipinski definition) is 0. The Bertz CT molecular complexity index is 1460. The highest BCUT2D eigenvalue weighted by Gasteiger charge is 2.29. The van der Waals surface area contributed by atoms with Crippen molar-refractivity contribution in [1.82, 2.24) is 9.38 Å². The van der Waals surface area contributed by atoms with E-state index in [2.05, 4.69) is 92.9 Å². The molecule has 3 aromatic carbocycles. The first-order chi connectivity index (χ1) is 14.4. The van der Waals surface area contributed by atoms with Crippen LogP contribution in [0.25, 0.3) is 38.6 Å².